The van der Waals surface area contributed by atoms with E-state index < -0.39 is 0 Å². The zero-order valence-electron chi connectivity index (χ0n) is 15.2. The van der Waals surface area contributed by atoms with Gasteiger partial charge in [-0.15, -0.1) is 0 Å². The molecule has 25 heavy (non-hydrogen) atoms. The number of nitrogens with one attached hydrogen (secondary N) is 1. The Kier molecular flexibility index (Phi) is 7.85. The molecule has 1 aliphatic heterocycles. The first-order valence-corrected chi connectivity index (χ1v) is 9.12. The Balaban J connectivity index is 1.90. The average molecular weight is 347 g/mol. The number of methoxy groups -OCH3 is 1. The van der Waals surface area contributed by atoms with Gasteiger partial charge in [0.2, 0.25) is 11.8 Å². The molecule has 1 aromatic heterocycles. The van der Waals surface area contributed by atoms with Gasteiger partial charge in [-0.25, -0.2) is 0 Å². The number of carbonyl (C=O) groups is 2. The van der Waals surface area contributed by atoms with Crippen molar-refractivity contribution in [3.8, 4) is 0 Å². The largest absolute Gasteiger partial charge is 0.375 e. The van der Waals surface area contributed by atoms with E-state index in [1.807, 2.05) is 18.3 Å². The van der Waals surface area contributed by atoms with Crippen LogP contribution in [0.3, 0.4) is 0 Å². The number of piperidine rings is 1. The highest BCUT2D eigenvalue weighted by molar-refractivity contribution is 5.80. The van der Waals surface area contributed by atoms with Crippen LogP contribution in [0.2, 0.25) is 0 Å². The Morgan fingerprint density at radius 3 is 2.76 bits per heavy atom. The van der Waals surface area contributed by atoms with Crippen LogP contribution in [0, 0.1) is 5.92 Å². The predicted octanol–water partition coefficient (Wildman–Crippen LogP) is 2.31. The van der Waals surface area contributed by atoms with Crippen LogP contribution in [0.1, 0.15) is 50.6 Å². The normalized spacial score (nSPS) is 16.5. The number of ether oxygens (including phenoxy) is 1. The van der Waals surface area contributed by atoms with Crippen molar-refractivity contribution in [2.24, 2.45) is 5.92 Å². The van der Waals surface area contributed by atoms with Crippen molar-refractivity contribution < 1.29 is 14.3 Å². The summed E-state index contributed by atoms with van der Waals surface area (Å²) in [4.78, 5) is 30.5. The lowest BCUT2D eigenvalue weighted by Gasteiger charge is -2.32. The van der Waals surface area contributed by atoms with Crippen molar-refractivity contribution in [2.45, 2.75) is 45.1 Å². The summed E-state index contributed by atoms with van der Waals surface area (Å²) < 4.78 is 4.89. The van der Waals surface area contributed by atoms with Crippen LogP contribution >= 0.6 is 0 Å². The molecule has 0 saturated carbocycles. The number of nitrogens with zero attached hydrogens (tertiary/aromatic N) is 2. The molecule has 6 heteroatoms. The molecule has 2 amide bonds. The summed E-state index contributed by atoms with van der Waals surface area (Å²) in [6.07, 6.45) is 8.04. The van der Waals surface area contributed by atoms with Crippen LogP contribution in [0.4, 0.5) is 0 Å². The Morgan fingerprint density at radius 2 is 2.16 bits per heavy atom. The fourth-order valence-electron chi connectivity index (χ4n) is 3.21. The maximum atomic E-state index is 12.7. The van der Waals surface area contributed by atoms with E-state index in [1.54, 1.807) is 11.1 Å². The van der Waals surface area contributed by atoms with Crippen LogP contribution in [0.15, 0.2) is 24.5 Å². The molecular formula is C19H29N3O3. The van der Waals surface area contributed by atoms with E-state index in [9.17, 15) is 9.59 Å². The Bertz CT molecular complexity index is 542. The fraction of sp³-hybridized carbons (Fsp3) is 0.632. The number of unbranched alkanes of at least 4 members (excludes halogenated alkanes) is 1. The quantitative estimate of drug-likeness (QED) is 0.783. The van der Waals surface area contributed by atoms with E-state index in [1.165, 1.54) is 7.11 Å². The van der Waals surface area contributed by atoms with Gasteiger partial charge in [0.1, 0.15) is 6.61 Å². The van der Waals surface area contributed by atoms with E-state index in [0.717, 1.165) is 24.8 Å². The zero-order valence-corrected chi connectivity index (χ0v) is 15.2. The molecule has 1 fully saturated rings. The number of hydrogen-bond acceptors (Lipinski definition) is 4. The van der Waals surface area contributed by atoms with Crippen molar-refractivity contribution in [3.05, 3.63) is 30.1 Å². The molecule has 1 aliphatic rings. The van der Waals surface area contributed by atoms with Crippen molar-refractivity contribution >= 4 is 11.8 Å². The van der Waals surface area contributed by atoms with E-state index in [2.05, 4.69) is 17.2 Å². The summed E-state index contributed by atoms with van der Waals surface area (Å²) in [5.74, 6) is 0.0497. The van der Waals surface area contributed by atoms with Gasteiger partial charge < -0.3 is 15.0 Å². The Labute approximate surface area is 150 Å². The summed E-state index contributed by atoms with van der Waals surface area (Å²) in [7, 11) is 1.52. The van der Waals surface area contributed by atoms with Gasteiger partial charge in [0.25, 0.3) is 0 Å². The maximum Gasteiger partial charge on any atom is 0.248 e. The molecule has 1 unspecified atom stereocenters. The van der Waals surface area contributed by atoms with Crippen LogP contribution in [-0.2, 0) is 14.3 Å². The molecular weight excluding hydrogens is 318 g/mol. The molecule has 0 spiro atoms. The summed E-state index contributed by atoms with van der Waals surface area (Å²) in [6, 6.07) is 3.93. The predicted molar refractivity (Wildman–Crippen MR) is 95.8 cm³/mol. The number of amides is 2. The van der Waals surface area contributed by atoms with E-state index in [0.29, 0.717) is 25.9 Å². The molecule has 2 rings (SSSR count). The lowest BCUT2D eigenvalue weighted by molar-refractivity contribution is -0.138. The minimum absolute atomic E-state index is 0.00228. The second-order valence-corrected chi connectivity index (χ2v) is 6.58. The number of carbonyl (C=O) groups excluding carboxylic acids is 2. The SMILES string of the molecule is CCCCC(NC(=O)C1CCN(C(=O)COC)CC1)c1cccnc1. The van der Waals surface area contributed by atoms with Gasteiger partial charge in [0.15, 0.2) is 0 Å². The molecule has 1 saturated heterocycles. The lowest BCUT2D eigenvalue weighted by Crippen LogP contribution is -2.44. The molecule has 0 aliphatic carbocycles. The van der Waals surface area contributed by atoms with Gasteiger partial charge in [0.05, 0.1) is 6.04 Å². The van der Waals surface area contributed by atoms with Crippen molar-refractivity contribution in [2.75, 3.05) is 26.8 Å². The van der Waals surface area contributed by atoms with Gasteiger partial charge in [0, 0.05) is 38.5 Å². The van der Waals surface area contributed by atoms with Crippen molar-refractivity contribution in [3.63, 3.8) is 0 Å². The second-order valence-electron chi connectivity index (χ2n) is 6.58. The zero-order chi connectivity index (χ0) is 18.1. The number of likely N-dealkylation sites (tertiary alicyclic amines) is 1. The highest BCUT2D eigenvalue weighted by Crippen LogP contribution is 2.22. The topological polar surface area (TPSA) is 71.5 Å². The first kappa shape index (κ1) is 19.4. The van der Waals surface area contributed by atoms with E-state index in [4.69, 9.17) is 4.74 Å². The monoisotopic (exact) mass is 347 g/mol. The smallest absolute Gasteiger partial charge is 0.248 e. The highest BCUT2D eigenvalue weighted by atomic mass is 16.5. The van der Waals surface area contributed by atoms with Gasteiger partial charge in [-0.1, -0.05) is 25.8 Å². The molecule has 0 bridgehead atoms. The van der Waals surface area contributed by atoms with Gasteiger partial charge in [-0.05, 0) is 30.9 Å². The van der Waals surface area contributed by atoms with Gasteiger partial charge in [-0.3, -0.25) is 14.6 Å². The number of aromatic nitrogens is 1. The lowest BCUT2D eigenvalue weighted by atomic mass is 9.94. The highest BCUT2D eigenvalue weighted by Gasteiger charge is 2.28. The summed E-state index contributed by atoms with van der Waals surface area (Å²) >= 11 is 0. The van der Waals surface area contributed by atoms with E-state index >= 15 is 0 Å². The van der Waals surface area contributed by atoms with Crippen molar-refractivity contribution in [1.29, 1.82) is 0 Å². The minimum atomic E-state index is -0.0348. The molecule has 6 nitrogen and oxygen atoms in total. The number of pyridine rings is 1. The van der Waals surface area contributed by atoms with Gasteiger partial charge >= 0.3 is 0 Å². The third kappa shape index (κ3) is 5.81. The summed E-state index contributed by atoms with van der Waals surface area (Å²) in [5.41, 5.74) is 1.05. The van der Waals surface area contributed by atoms with Crippen LogP contribution in [0.25, 0.3) is 0 Å². The molecule has 1 aromatic rings. The number of rotatable bonds is 8. The minimum Gasteiger partial charge on any atom is -0.375 e. The summed E-state index contributed by atoms with van der Waals surface area (Å²) in [6.45, 7) is 3.49. The first-order chi connectivity index (χ1) is 12.2. The summed E-state index contributed by atoms with van der Waals surface area (Å²) in [5, 5.41) is 3.20. The number of hydrogen-bond donors (Lipinski definition) is 1. The maximum absolute atomic E-state index is 12.7. The molecule has 1 atom stereocenters. The Hall–Kier alpha value is -1.95. The molecule has 0 radical (unpaired) electrons. The Morgan fingerprint density at radius 1 is 1.40 bits per heavy atom. The third-order valence-corrected chi connectivity index (χ3v) is 4.74. The van der Waals surface area contributed by atoms with Crippen LogP contribution in [0.5, 0.6) is 0 Å². The third-order valence-electron chi connectivity index (χ3n) is 4.74. The second kappa shape index (κ2) is 10.1. The van der Waals surface area contributed by atoms with Crippen LogP contribution in [-0.4, -0.2) is 48.5 Å². The molecule has 1 N–H and O–H groups in total. The fourth-order valence-corrected chi connectivity index (χ4v) is 3.21. The van der Waals surface area contributed by atoms with Crippen molar-refractivity contribution in [1.82, 2.24) is 15.2 Å². The first-order valence-electron chi connectivity index (χ1n) is 9.12. The van der Waals surface area contributed by atoms with Crippen LogP contribution < -0.4 is 5.32 Å². The molecule has 0 aromatic carbocycles. The molecule has 138 valence electrons. The molecule has 2 heterocycles. The van der Waals surface area contributed by atoms with E-state index in [-0.39, 0.29) is 30.4 Å². The standard InChI is InChI=1S/C19H29N3O3/c1-3-4-7-17(16-6-5-10-20-13-16)21-19(24)15-8-11-22(12-9-15)18(23)14-25-2/h5-6,10,13,15,17H,3-4,7-9,11-12,14H2,1-2H3,(H,21,24). The van der Waals surface area contributed by atoms with Gasteiger partial charge in [-0.2, -0.15) is 0 Å². The average Bonchev–Trinajstić information content (AvgIpc) is 2.66.